The molecule has 6 saturated carbocycles. The fraction of sp³-hybridized carbons (Fsp3) is 0.837. The molecule has 0 aliphatic heterocycles. The normalized spacial score (nSPS) is 24.2. The predicted molar refractivity (Wildman–Crippen MR) is 202 cm³/mol. The molecule has 282 valence electrons. The first-order valence-corrected chi connectivity index (χ1v) is 22.0. The van der Waals surface area contributed by atoms with Crippen molar-refractivity contribution >= 4 is 17.7 Å². The first-order chi connectivity index (χ1) is 25.1. The van der Waals surface area contributed by atoms with Crippen molar-refractivity contribution in [1.29, 1.82) is 0 Å². The van der Waals surface area contributed by atoms with Crippen LogP contribution in [-0.2, 0) is 0 Å². The van der Waals surface area contributed by atoms with Gasteiger partial charge in [-0.1, -0.05) is 116 Å². The van der Waals surface area contributed by atoms with Gasteiger partial charge >= 0.3 is 0 Å². The second kappa shape index (κ2) is 18.0. The third-order valence-electron chi connectivity index (χ3n) is 13.9. The van der Waals surface area contributed by atoms with Gasteiger partial charge in [0, 0.05) is 42.3 Å². The number of carbonyl (C=O) groups is 3. The molecule has 0 aromatic carbocycles. The molecule has 1 heterocycles. The standard InChI is InChI=1S/C43H67N5O3/c49-41(46(32-19-7-1-8-20-32)33-21-9-2-10-22-33)38-31-39(42(50)47(34-23-11-3-12-24-34)35-25-13-4-14-26-35)45-40(44-38)43(51)48(36-27-15-5-16-28-36)37-29-17-6-18-30-37/h31-37H,1-30H2. The van der Waals surface area contributed by atoms with Gasteiger partial charge < -0.3 is 14.7 Å². The van der Waals surface area contributed by atoms with E-state index in [2.05, 4.69) is 14.7 Å². The fourth-order valence-corrected chi connectivity index (χ4v) is 11.2. The van der Waals surface area contributed by atoms with E-state index in [9.17, 15) is 4.79 Å². The highest BCUT2D eigenvalue weighted by Gasteiger charge is 2.39. The minimum atomic E-state index is -0.152. The summed E-state index contributed by atoms with van der Waals surface area (Å²) in [5.41, 5.74) is 0.541. The number of rotatable bonds is 9. The maximum absolute atomic E-state index is 15.0. The molecule has 0 bridgehead atoms. The van der Waals surface area contributed by atoms with Gasteiger partial charge in [0.05, 0.1) is 0 Å². The van der Waals surface area contributed by atoms with Crippen molar-refractivity contribution in [3.8, 4) is 0 Å². The Morgan fingerprint density at radius 2 is 0.569 bits per heavy atom. The van der Waals surface area contributed by atoms with Gasteiger partial charge in [-0.3, -0.25) is 14.4 Å². The quantitative estimate of drug-likeness (QED) is 0.256. The van der Waals surface area contributed by atoms with E-state index in [1.165, 1.54) is 38.5 Å². The Kier molecular flexibility index (Phi) is 13.0. The van der Waals surface area contributed by atoms with E-state index in [0.717, 1.165) is 154 Å². The monoisotopic (exact) mass is 702 g/mol. The molecule has 0 radical (unpaired) electrons. The summed E-state index contributed by atoms with van der Waals surface area (Å²) >= 11 is 0. The largest absolute Gasteiger partial charge is 0.331 e. The Labute approximate surface area is 308 Å². The second-order valence-corrected chi connectivity index (χ2v) is 17.4. The zero-order valence-electron chi connectivity index (χ0n) is 31.7. The summed E-state index contributed by atoms with van der Waals surface area (Å²) in [7, 11) is 0. The first-order valence-electron chi connectivity index (χ1n) is 22.0. The summed E-state index contributed by atoms with van der Waals surface area (Å²) in [6.07, 6.45) is 33.4. The van der Waals surface area contributed by atoms with Crippen LogP contribution in [0.25, 0.3) is 0 Å². The highest BCUT2D eigenvalue weighted by molar-refractivity contribution is 6.00. The summed E-state index contributed by atoms with van der Waals surface area (Å²) < 4.78 is 0. The number of aromatic nitrogens is 2. The molecule has 3 amide bonds. The molecule has 0 saturated heterocycles. The summed E-state index contributed by atoms with van der Waals surface area (Å²) in [5, 5.41) is 0. The first kappa shape index (κ1) is 36.8. The van der Waals surface area contributed by atoms with Crippen molar-refractivity contribution in [2.45, 2.75) is 229 Å². The van der Waals surface area contributed by atoms with Gasteiger partial charge in [0.15, 0.2) is 0 Å². The van der Waals surface area contributed by atoms with Crippen LogP contribution in [0.15, 0.2) is 6.07 Å². The summed E-state index contributed by atoms with van der Waals surface area (Å²) in [6.45, 7) is 0. The number of hydrogen-bond acceptors (Lipinski definition) is 5. The minimum Gasteiger partial charge on any atom is -0.331 e. The van der Waals surface area contributed by atoms with Crippen LogP contribution in [0, 0.1) is 0 Å². The van der Waals surface area contributed by atoms with Crippen LogP contribution in [0.3, 0.4) is 0 Å². The fourth-order valence-electron chi connectivity index (χ4n) is 11.2. The maximum Gasteiger partial charge on any atom is 0.292 e. The molecule has 7 rings (SSSR count). The van der Waals surface area contributed by atoms with Crippen LogP contribution in [0.1, 0.15) is 224 Å². The topological polar surface area (TPSA) is 86.7 Å². The zero-order valence-corrected chi connectivity index (χ0v) is 31.7. The molecule has 6 aliphatic rings. The van der Waals surface area contributed by atoms with Gasteiger partial charge in [-0.15, -0.1) is 0 Å². The SMILES string of the molecule is O=C(c1cc(C(=O)N(C2CCCCC2)C2CCCCC2)nc(C(=O)N(C2CCCCC2)C2CCCCC2)n1)N(C1CCCCC1)C1CCCCC1. The second-order valence-electron chi connectivity index (χ2n) is 17.4. The average molecular weight is 702 g/mol. The summed E-state index contributed by atoms with van der Waals surface area (Å²) in [5.74, 6) is -0.229. The lowest BCUT2D eigenvalue weighted by Crippen LogP contribution is -2.51. The molecule has 6 aliphatic carbocycles. The van der Waals surface area contributed by atoms with Gasteiger partial charge in [0.25, 0.3) is 17.7 Å². The molecule has 0 spiro atoms. The predicted octanol–water partition coefficient (Wildman–Crippen LogP) is 9.80. The van der Waals surface area contributed by atoms with E-state index in [4.69, 9.17) is 9.97 Å². The highest BCUT2D eigenvalue weighted by atomic mass is 16.2. The third-order valence-corrected chi connectivity index (χ3v) is 13.9. The van der Waals surface area contributed by atoms with Crippen molar-refractivity contribution in [2.24, 2.45) is 0 Å². The Morgan fingerprint density at radius 3 is 0.804 bits per heavy atom. The molecule has 6 fully saturated rings. The molecule has 1 aromatic rings. The third kappa shape index (κ3) is 8.83. The van der Waals surface area contributed by atoms with Crippen LogP contribution in [-0.4, -0.2) is 78.6 Å². The molecule has 8 heteroatoms. The minimum absolute atomic E-state index is 0.0805. The average Bonchev–Trinajstić information content (AvgIpc) is 3.20. The van der Waals surface area contributed by atoms with Crippen LogP contribution < -0.4 is 0 Å². The van der Waals surface area contributed by atoms with Crippen molar-refractivity contribution in [2.75, 3.05) is 0 Å². The van der Waals surface area contributed by atoms with Crippen LogP contribution in [0.5, 0.6) is 0 Å². The van der Waals surface area contributed by atoms with Crippen LogP contribution in [0.2, 0.25) is 0 Å². The van der Waals surface area contributed by atoms with Gasteiger partial charge in [-0.05, 0) is 77.0 Å². The number of amides is 3. The summed E-state index contributed by atoms with van der Waals surface area (Å²) in [6, 6.07) is 2.87. The van der Waals surface area contributed by atoms with Crippen LogP contribution in [0.4, 0.5) is 0 Å². The molecular formula is C43H67N5O3. The van der Waals surface area contributed by atoms with Gasteiger partial charge in [0.1, 0.15) is 11.4 Å². The van der Waals surface area contributed by atoms with E-state index in [1.807, 2.05) is 0 Å². The van der Waals surface area contributed by atoms with Gasteiger partial charge in [0.2, 0.25) is 5.82 Å². The zero-order chi connectivity index (χ0) is 35.0. The highest BCUT2D eigenvalue weighted by Crippen LogP contribution is 2.35. The molecular weight excluding hydrogens is 635 g/mol. The molecule has 8 nitrogen and oxygen atoms in total. The Bertz CT molecular complexity index is 1080. The Morgan fingerprint density at radius 1 is 0.353 bits per heavy atom. The lowest BCUT2D eigenvalue weighted by molar-refractivity contribution is 0.0424. The molecule has 1 aromatic heterocycles. The maximum atomic E-state index is 15.0. The lowest BCUT2D eigenvalue weighted by atomic mass is 9.88. The molecule has 51 heavy (non-hydrogen) atoms. The van der Waals surface area contributed by atoms with E-state index >= 15 is 9.59 Å². The molecule has 0 atom stereocenters. The van der Waals surface area contributed by atoms with Crippen molar-refractivity contribution < 1.29 is 14.4 Å². The van der Waals surface area contributed by atoms with Crippen LogP contribution >= 0.6 is 0 Å². The Balaban J connectivity index is 1.29. The van der Waals surface area contributed by atoms with Crippen molar-refractivity contribution in [3.05, 3.63) is 23.3 Å². The summed E-state index contributed by atoms with van der Waals surface area (Å²) in [4.78, 5) is 61.5. The number of nitrogens with zero attached hydrogens (tertiary/aromatic N) is 5. The molecule has 0 unspecified atom stereocenters. The van der Waals surface area contributed by atoms with E-state index in [1.54, 1.807) is 6.07 Å². The lowest BCUT2D eigenvalue weighted by Gasteiger charge is -2.42. The number of hydrogen-bond donors (Lipinski definition) is 0. The van der Waals surface area contributed by atoms with Crippen molar-refractivity contribution in [3.63, 3.8) is 0 Å². The van der Waals surface area contributed by atoms with Crippen molar-refractivity contribution in [1.82, 2.24) is 24.7 Å². The smallest absolute Gasteiger partial charge is 0.292 e. The Hall–Kier alpha value is -2.51. The van der Waals surface area contributed by atoms with E-state index in [-0.39, 0.29) is 71.2 Å². The number of carbonyl (C=O) groups excluding carboxylic acids is 3. The van der Waals surface area contributed by atoms with Gasteiger partial charge in [-0.2, -0.15) is 0 Å². The molecule has 0 N–H and O–H groups in total. The van der Waals surface area contributed by atoms with E-state index in [0.29, 0.717) is 0 Å². The van der Waals surface area contributed by atoms with E-state index < -0.39 is 0 Å². The van der Waals surface area contributed by atoms with Gasteiger partial charge in [-0.25, -0.2) is 9.97 Å².